The molecule has 3 N–H and O–H groups in total. The fourth-order valence-corrected chi connectivity index (χ4v) is 6.72. The van der Waals surface area contributed by atoms with Gasteiger partial charge in [0.15, 0.2) is 0 Å². The number of hydrogen-bond donors (Lipinski definition) is 3. The van der Waals surface area contributed by atoms with Crippen molar-refractivity contribution in [1.82, 2.24) is 10.2 Å². The molecule has 224 valence electrons. The van der Waals surface area contributed by atoms with Crippen LogP contribution >= 0.6 is 11.8 Å². The van der Waals surface area contributed by atoms with E-state index in [2.05, 4.69) is 53.8 Å². The lowest BCUT2D eigenvalue weighted by Gasteiger charge is -2.18. The van der Waals surface area contributed by atoms with Crippen LogP contribution in [0.5, 0.6) is 0 Å². The number of carbonyl (C=O) groups excluding carboxylic acids is 2. The summed E-state index contributed by atoms with van der Waals surface area (Å²) in [5.74, 6) is -1.78. The Morgan fingerprint density at radius 3 is 2.25 bits per heavy atom. The Hall–Kier alpha value is -4.60. The van der Waals surface area contributed by atoms with Gasteiger partial charge in [0.1, 0.15) is 23.4 Å². The van der Waals surface area contributed by atoms with Crippen LogP contribution < -0.4 is 5.32 Å². The lowest BCUT2D eigenvalue weighted by atomic mass is 9.98. The Morgan fingerprint density at radius 2 is 1.57 bits per heavy atom. The van der Waals surface area contributed by atoms with E-state index in [0.717, 1.165) is 49.8 Å². The minimum Gasteiger partial charge on any atom is -0.480 e. The minimum absolute atomic E-state index is 0.0777. The Kier molecular flexibility index (Phi) is 8.41. The first-order valence-corrected chi connectivity index (χ1v) is 15.6. The molecular formula is C35H32N2O6S. The Bertz CT molecular complexity index is 1830. The van der Waals surface area contributed by atoms with E-state index in [0.29, 0.717) is 5.75 Å². The molecule has 6 rings (SSSR count). The summed E-state index contributed by atoms with van der Waals surface area (Å²) in [5, 5.41) is 24.4. The third kappa shape index (κ3) is 6.06. The van der Waals surface area contributed by atoms with Gasteiger partial charge in [-0.25, -0.2) is 4.79 Å². The zero-order valence-corrected chi connectivity index (χ0v) is 24.9. The molecule has 9 heteroatoms. The maximum atomic E-state index is 12.6. The molecular weight excluding hydrogens is 576 g/mol. The van der Waals surface area contributed by atoms with Gasteiger partial charge in [0, 0.05) is 47.7 Å². The smallest absolute Gasteiger partial charge is 0.327 e. The third-order valence-electron chi connectivity index (χ3n) is 8.10. The Labute approximate surface area is 258 Å². The van der Waals surface area contributed by atoms with Crippen molar-refractivity contribution in [2.75, 3.05) is 12.3 Å². The summed E-state index contributed by atoms with van der Waals surface area (Å²) < 4.78 is 6.21. The lowest BCUT2D eigenvalue weighted by Crippen LogP contribution is -2.45. The van der Waals surface area contributed by atoms with Gasteiger partial charge in [0.2, 0.25) is 11.8 Å². The molecule has 0 aliphatic carbocycles. The fourth-order valence-electron chi connectivity index (χ4n) is 5.71. The van der Waals surface area contributed by atoms with Gasteiger partial charge in [-0.1, -0.05) is 84.9 Å². The number of aliphatic carboxylic acids is 1. The molecule has 0 radical (unpaired) electrons. The first-order valence-electron chi connectivity index (χ1n) is 14.4. The van der Waals surface area contributed by atoms with Crippen molar-refractivity contribution in [1.29, 1.82) is 0 Å². The number of nitrogens with zero attached hydrogens (tertiary/aromatic N) is 1. The van der Waals surface area contributed by atoms with Gasteiger partial charge in [0.05, 0.1) is 5.92 Å². The summed E-state index contributed by atoms with van der Waals surface area (Å²) in [6.07, 6.45) is -0.934. The van der Waals surface area contributed by atoms with Crippen molar-refractivity contribution < 1.29 is 29.0 Å². The van der Waals surface area contributed by atoms with Crippen LogP contribution in [0.2, 0.25) is 0 Å². The number of amides is 2. The molecule has 4 aromatic carbocycles. The molecule has 5 aromatic rings. The zero-order valence-electron chi connectivity index (χ0n) is 24.1. The molecule has 0 saturated carbocycles. The third-order valence-corrected chi connectivity index (χ3v) is 9.21. The van der Waals surface area contributed by atoms with Crippen molar-refractivity contribution in [2.45, 2.75) is 31.4 Å². The molecule has 1 aromatic heterocycles. The number of carboxylic acids is 1. The second-order valence-electron chi connectivity index (χ2n) is 11.1. The number of rotatable bonds is 9. The predicted octanol–water partition coefficient (Wildman–Crippen LogP) is 5.91. The molecule has 2 heterocycles. The lowest BCUT2D eigenvalue weighted by molar-refractivity contribution is -0.141. The number of likely N-dealkylation sites (tertiary alicyclic amines) is 1. The number of carbonyl (C=O) groups is 3. The molecule has 2 amide bonds. The SMILES string of the molecule is CC(=O)N1CC(C(=O)N[C@@H](CSCc2ccc(-c3ccc(-c4cccc5c4oc4ccccc45)cc3)cc2)C(=O)O)CC1O. The molecule has 0 spiro atoms. The predicted molar refractivity (Wildman–Crippen MR) is 172 cm³/mol. The van der Waals surface area contributed by atoms with E-state index in [1.165, 1.54) is 23.6 Å². The second kappa shape index (κ2) is 12.6. The first kappa shape index (κ1) is 29.5. The number of aliphatic hydroxyl groups is 1. The largest absolute Gasteiger partial charge is 0.480 e. The molecule has 1 aliphatic heterocycles. The number of thioether (sulfide) groups is 1. The molecule has 44 heavy (non-hydrogen) atoms. The molecule has 8 nitrogen and oxygen atoms in total. The number of benzene rings is 4. The van der Waals surface area contributed by atoms with Crippen LogP contribution in [-0.4, -0.2) is 57.5 Å². The van der Waals surface area contributed by atoms with Crippen LogP contribution in [0.15, 0.2) is 95.4 Å². The van der Waals surface area contributed by atoms with Crippen LogP contribution in [0.1, 0.15) is 18.9 Å². The topological polar surface area (TPSA) is 120 Å². The van der Waals surface area contributed by atoms with Gasteiger partial charge >= 0.3 is 5.97 Å². The maximum Gasteiger partial charge on any atom is 0.327 e. The second-order valence-corrected chi connectivity index (χ2v) is 12.1. The number of carboxylic acid groups (broad SMARTS) is 1. The van der Waals surface area contributed by atoms with Gasteiger partial charge in [0.25, 0.3) is 0 Å². The number of para-hydroxylation sites is 2. The number of furan rings is 1. The number of nitrogens with one attached hydrogen (secondary N) is 1. The van der Waals surface area contributed by atoms with E-state index in [9.17, 15) is 24.6 Å². The van der Waals surface area contributed by atoms with Crippen molar-refractivity contribution in [3.05, 3.63) is 96.6 Å². The summed E-state index contributed by atoms with van der Waals surface area (Å²) in [4.78, 5) is 37.3. The molecule has 0 bridgehead atoms. The Balaban J connectivity index is 1.06. The van der Waals surface area contributed by atoms with E-state index in [-0.39, 0.29) is 24.6 Å². The Morgan fingerprint density at radius 1 is 0.909 bits per heavy atom. The van der Waals surface area contributed by atoms with Gasteiger partial charge in [-0.15, -0.1) is 0 Å². The van der Waals surface area contributed by atoms with Crippen LogP contribution in [0, 0.1) is 5.92 Å². The van der Waals surface area contributed by atoms with Crippen LogP contribution in [-0.2, 0) is 20.1 Å². The highest BCUT2D eigenvalue weighted by Gasteiger charge is 2.37. The van der Waals surface area contributed by atoms with Gasteiger partial charge in [-0.3, -0.25) is 9.59 Å². The minimum atomic E-state index is -1.12. The average molecular weight is 609 g/mol. The van der Waals surface area contributed by atoms with Crippen molar-refractivity contribution >= 4 is 51.5 Å². The summed E-state index contributed by atoms with van der Waals surface area (Å²) in [7, 11) is 0. The summed E-state index contributed by atoms with van der Waals surface area (Å²) >= 11 is 1.42. The standard InChI is InChI=1S/C35H32N2O6S/c1-21(38)37-18-26(17-32(37)39)34(40)36-30(35(41)42)20-44-19-22-9-11-23(12-10-22)24-13-15-25(16-14-24)27-6-4-7-29-28-5-2-3-8-31(28)43-33(27)29/h2-16,26,30,32,39H,17-20H2,1H3,(H,36,40)(H,41,42)/t26?,30-,32?/m0/s1. The number of aliphatic hydroxyl groups excluding tert-OH is 1. The van der Waals surface area contributed by atoms with Crippen LogP contribution in [0.4, 0.5) is 0 Å². The summed E-state index contributed by atoms with van der Waals surface area (Å²) in [6, 6.07) is 29.8. The van der Waals surface area contributed by atoms with Crippen LogP contribution in [0.25, 0.3) is 44.2 Å². The number of hydrogen-bond acceptors (Lipinski definition) is 6. The summed E-state index contributed by atoms with van der Waals surface area (Å²) in [5.41, 5.74) is 7.07. The maximum absolute atomic E-state index is 12.6. The van der Waals surface area contributed by atoms with Gasteiger partial charge in [-0.2, -0.15) is 11.8 Å². The van der Waals surface area contributed by atoms with Crippen molar-refractivity contribution in [2.24, 2.45) is 5.92 Å². The van der Waals surface area contributed by atoms with Crippen molar-refractivity contribution in [3.63, 3.8) is 0 Å². The normalized spacial score (nSPS) is 17.2. The molecule has 1 aliphatic rings. The van der Waals surface area contributed by atoms with E-state index in [1.807, 2.05) is 42.5 Å². The summed E-state index contributed by atoms with van der Waals surface area (Å²) in [6.45, 7) is 1.41. The zero-order chi connectivity index (χ0) is 30.8. The van der Waals surface area contributed by atoms with Crippen LogP contribution in [0.3, 0.4) is 0 Å². The molecule has 2 unspecified atom stereocenters. The van der Waals surface area contributed by atoms with E-state index in [4.69, 9.17) is 4.42 Å². The molecule has 1 saturated heterocycles. The van der Waals surface area contributed by atoms with E-state index in [1.54, 1.807) is 0 Å². The monoisotopic (exact) mass is 608 g/mol. The molecule has 1 fully saturated rings. The van der Waals surface area contributed by atoms with Gasteiger partial charge < -0.3 is 24.8 Å². The van der Waals surface area contributed by atoms with E-state index < -0.39 is 30.1 Å². The van der Waals surface area contributed by atoms with Gasteiger partial charge in [-0.05, 0) is 28.3 Å². The highest BCUT2D eigenvalue weighted by atomic mass is 32.2. The van der Waals surface area contributed by atoms with Crippen molar-refractivity contribution in [3.8, 4) is 22.3 Å². The first-order chi connectivity index (χ1) is 21.3. The number of fused-ring (bicyclic) bond motifs is 3. The quantitative estimate of drug-likeness (QED) is 0.190. The molecule has 3 atom stereocenters. The fraction of sp³-hybridized carbons (Fsp3) is 0.229. The average Bonchev–Trinajstić information content (AvgIpc) is 3.62. The highest BCUT2D eigenvalue weighted by Crippen LogP contribution is 2.36. The highest BCUT2D eigenvalue weighted by molar-refractivity contribution is 7.98. The van der Waals surface area contributed by atoms with E-state index >= 15 is 0 Å².